The third-order valence-electron chi connectivity index (χ3n) is 5.21. The lowest BCUT2D eigenvalue weighted by Gasteiger charge is -2.30. The maximum absolute atomic E-state index is 12.6. The van der Waals surface area contributed by atoms with E-state index < -0.39 is 0 Å². The van der Waals surface area contributed by atoms with Crippen molar-refractivity contribution in [3.63, 3.8) is 0 Å². The van der Waals surface area contributed by atoms with Gasteiger partial charge in [-0.3, -0.25) is 9.69 Å². The van der Waals surface area contributed by atoms with Gasteiger partial charge in [0, 0.05) is 28.3 Å². The van der Waals surface area contributed by atoms with Gasteiger partial charge in [0.15, 0.2) is 0 Å². The number of likely N-dealkylation sites (tertiary alicyclic amines) is 1. The van der Waals surface area contributed by atoms with Crippen LogP contribution >= 0.6 is 11.6 Å². The molecule has 156 valence electrons. The lowest BCUT2D eigenvalue weighted by atomic mass is 9.96. The molecule has 8 heteroatoms. The first-order valence-corrected chi connectivity index (χ1v) is 10.2. The molecule has 1 aromatic heterocycles. The van der Waals surface area contributed by atoms with Gasteiger partial charge in [0.1, 0.15) is 5.75 Å². The molecule has 1 N–H and O–H groups in total. The average molecular weight is 427 g/mol. The van der Waals surface area contributed by atoms with Crippen molar-refractivity contribution in [1.29, 1.82) is 0 Å². The Morgan fingerprint density at radius 1 is 1.23 bits per heavy atom. The summed E-state index contributed by atoms with van der Waals surface area (Å²) in [4.78, 5) is 19.3. The maximum atomic E-state index is 12.6. The average Bonchev–Trinajstić information content (AvgIpc) is 3.23. The number of aromatic nitrogens is 2. The molecule has 3 aromatic rings. The Balaban J connectivity index is 1.29. The van der Waals surface area contributed by atoms with Gasteiger partial charge in [-0.15, -0.1) is 0 Å². The molecule has 0 bridgehead atoms. The van der Waals surface area contributed by atoms with Gasteiger partial charge >= 0.3 is 0 Å². The number of piperidine rings is 1. The Morgan fingerprint density at radius 3 is 2.80 bits per heavy atom. The molecule has 0 atom stereocenters. The molecular weight excluding hydrogens is 404 g/mol. The molecule has 1 aliphatic rings. The zero-order valence-electron chi connectivity index (χ0n) is 16.7. The second kappa shape index (κ2) is 9.28. The Morgan fingerprint density at radius 2 is 2.03 bits per heavy atom. The van der Waals surface area contributed by atoms with Gasteiger partial charge in [-0.25, -0.2) is 0 Å². The van der Waals surface area contributed by atoms with Crippen molar-refractivity contribution in [1.82, 2.24) is 15.0 Å². The van der Waals surface area contributed by atoms with Crippen LogP contribution in [-0.4, -0.2) is 41.1 Å². The van der Waals surface area contributed by atoms with Gasteiger partial charge in [0.2, 0.25) is 17.6 Å². The molecular formula is C22H23ClN4O3. The van der Waals surface area contributed by atoms with E-state index in [1.807, 2.05) is 42.5 Å². The van der Waals surface area contributed by atoms with E-state index in [0.29, 0.717) is 23.3 Å². The topological polar surface area (TPSA) is 80.5 Å². The molecule has 0 aliphatic carbocycles. The number of hydrogen-bond donors (Lipinski definition) is 1. The lowest BCUT2D eigenvalue weighted by molar-refractivity contribution is -0.121. The Bertz CT molecular complexity index is 1010. The summed E-state index contributed by atoms with van der Waals surface area (Å²) < 4.78 is 10.6. The molecule has 1 amide bonds. The highest BCUT2D eigenvalue weighted by Crippen LogP contribution is 2.24. The van der Waals surface area contributed by atoms with Crippen LogP contribution in [0.3, 0.4) is 0 Å². The summed E-state index contributed by atoms with van der Waals surface area (Å²) >= 11 is 6.03. The molecule has 2 aromatic carbocycles. The molecule has 0 saturated carbocycles. The van der Waals surface area contributed by atoms with E-state index in [1.165, 1.54) is 0 Å². The minimum absolute atomic E-state index is 0.0165. The van der Waals surface area contributed by atoms with E-state index in [4.69, 9.17) is 20.9 Å². The second-order valence-electron chi connectivity index (χ2n) is 7.29. The summed E-state index contributed by atoms with van der Waals surface area (Å²) in [6, 6.07) is 14.8. The summed E-state index contributed by atoms with van der Waals surface area (Å²) in [7, 11) is 1.61. The number of hydrogen-bond acceptors (Lipinski definition) is 6. The molecule has 1 fully saturated rings. The van der Waals surface area contributed by atoms with Crippen LogP contribution in [0.4, 0.5) is 5.69 Å². The standard InChI is InChI=1S/C22H23ClN4O3/c1-29-19-7-3-6-18(13-19)24-22(28)15-8-10-27(11-9-15)14-20-25-21(26-30-20)16-4-2-5-17(23)12-16/h2-7,12-13,15H,8-11,14H2,1H3,(H,24,28). The Kier molecular flexibility index (Phi) is 6.30. The molecule has 0 radical (unpaired) electrons. The fraction of sp³-hybridized carbons (Fsp3) is 0.318. The van der Waals surface area contributed by atoms with Crippen LogP contribution in [0.5, 0.6) is 5.75 Å². The number of rotatable bonds is 6. The van der Waals surface area contributed by atoms with E-state index >= 15 is 0 Å². The van der Waals surface area contributed by atoms with Crippen LogP contribution in [0.2, 0.25) is 5.02 Å². The van der Waals surface area contributed by atoms with Gasteiger partial charge < -0.3 is 14.6 Å². The number of nitrogens with one attached hydrogen (secondary N) is 1. The van der Waals surface area contributed by atoms with Crippen molar-refractivity contribution < 1.29 is 14.1 Å². The predicted octanol–water partition coefficient (Wildman–Crippen LogP) is 4.25. The SMILES string of the molecule is COc1cccc(NC(=O)C2CCN(Cc3nc(-c4cccc(Cl)c4)no3)CC2)c1. The molecule has 30 heavy (non-hydrogen) atoms. The highest BCUT2D eigenvalue weighted by Gasteiger charge is 2.26. The van der Waals surface area contributed by atoms with Crippen LogP contribution in [0.25, 0.3) is 11.4 Å². The smallest absolute Gasteiger partial charge is 0.241 e. The van der Waals surface area contributed by atoms with Crippen molar-refractivity contribution in [3.8, 4) is 17.1 Å². The molecule has 1 aliphatic heterocycles. The fourth-order valence-electron chi connectivity index (χ4n) is 3.55. The molecule has 0 unspecified atom stereocenters. The zero-order chi connectivity index (χ0) is 20.9. The number of amides is 1. The summed E-state index contributed by atoms with van der Waals surface area (Å²) in [5, 5.41) is 7.67. The number of anilines is 1. The summed E-state index contributed by atoms with van der Waals surface area (Å²) in [6.45, 7) is 2.16. The number of nitrogens with zero attached hydrogens (tertiary/aromatic N) is 3. The van der Waals surface area contributed by atoms with E-state index in [9.17, 15) is 4.79 Å². The number of methoxy groups -OCH3 is 1. The minimum Gasteiger partial charge on any atom is -0.497 e. The van der Waals surface area contributed by atoms with Crippen LogP contribution in [0.1, 0.15) is 18.7 Å². The fourth-order valence-corrected chi connectivity index (χ4v) is 3.74. The van der Waals surface area contributed by atoms with Crippen LogP contribution in [0.15, 0.2) is 53.1 Å². The largest absolute Gasteiger partial charge is 0.497 e. The molecule has 7 nitrogen and oxygen atoms in total. The summed E-state index contributed by atoms with van der Waals surface area (Å²) in [6.07, 6.45) is 1.57. The van der Waals surface area contributed by atoms with Crippen molar-refractivity contribution in [2.24, 2.45) is 5.92 Å². The van der Waals surface area contributed by atoms with E-state index in [2.05, 4.69) is 20.4 Å². The minimum atomic E-state index is -0.0165. The van der Waals surface area contributed by atoms with Crippen LogP contribution in [0, 0.1) is 5.92 Å². The number of halogens is 1. The number of benzene rings is 2. The summed E-state index contributed by atoms with van der Waals surface area (Å²) in [5.74, 6) is 1.84. The highest BCUT2D eigenvalue weighted by molar-refractivity contribution is 6.30. The molecule has 0 spiro atoms. The van der Waals surface area contributed by atoms with Crippen LogP contribution < -0.4 is 10.1 Å². The maximum Gasteiger partial charge on any atom is 0.241 e. The van der Waals surface area contributed by atoms with Crippen molar-refractivity contribution >= 4 is 23.2 Å². The van der Waals surface area contributed by atoms with E-state index in [-0.39, 0.29) is 11.8 Å². The first-order chi connectivity index (χ1) is 14.6. The predicted molar refractivity (Wildman–Crippen MR) is 114 cm³/mol. The van der Waals surface area contributed by atoms with E-state index in [0.717, 1.165) is 42.9 Å². The second-order valence-corrected chi connectivity index (χ2v) is 7.73. The van der Waals surface area contributed by atoms with Gasteiger partial charge in [0.25, 0.3) is 0 Å². The van der Waals surface area contributed by atoms with Gasteiger partial charge in [-0.1, -0.05) is 35.0 Å². The monoisotopic (exact) mass is 426 g/mol. The molecule has 4 rings (SSSR count). The first kappa shape index (κ1) is 20.4. The van der Waals surface area contributed by atoms with Gasteiger partial charge in [0.05, 0.1) is 13.7 Å². The molecule has 2 heterocycles. The first-order valence-electron chi connectivity index (χ1n) is 9.86. The lowest BCUT2D eigenvalue weighted by Crippen LogP contribution is -2.37. The number of carbonyl (C=O) groups is 1. The van der Waals surface area contributed by atoms with Gasteiger partial charge in [-0.2, -0.15) is 4.98 Å². The third-order valence-corrected chi connectivity index (χ3v) is 5.44. The number of ether oxygens (including phenoxy) is 1. The van der Waals surface area contributed by atoms with Crippen molar-refractivity contribution in [3.05, 3.63) is 59.4 Å². The summed E-state index contributed by atoms with van der Waals surface area (Å²) in [5.41, 5.74) is 1.58. The Labute approximate surface area is 180 Å². The number of carbonyl (C=O) groups excluding carboxylic acids is 1. The van der Waals surface area contributed by atoms with Crippen molar-refractivity contribution in [2.75, 3.05) is 25.5 Å². The Hall–Kier alpha value is -2.90. The van der Waals surface area contributed by atoms with E-state index in [1.54, 1.807) is 13.2 Å². The highest BCUT2D eigenvalue weighted by atomic mass is 35.5. The zero-order valence-corrected chi connectivity index (χ0v) is 17.4. The quantitative estimate of drug-likeness (QED) is 0.634. The van der Waals surface area contributed by atoms with Crippen molar-refractivity contribution in [2.45, 2.75) is 19.4 Å². The van der Waals surface area contributed by atoms with Gasteiger partial charge in [-0.05, 0) is 50.2 Å². The normalized spacial score (nSPS) is 15.1. The molecule has 1 saturated heterocycles. The third kappa shape index (κ3) is 4.98. The van der Waals surface area contributed by atoms with Crippen LogP contribution in [-0.2, 0) is 11.3 Å².